The molecule has 1 aromatic carbocycles. The third-order valence-electron chi connectivity index (χ3n) is 2.01. The van der Waals surface area contributed by atoms with Gasteiger partial charge < -0.3 is 15.3 Å². The highest BCUT2D eigenvalue weighted by molar-refractivity contribution is 5.72. The Morgan fingerprint density at radius 2 is 2.21 bits per heavy atom. The van der Waals surface area contributed by atoms with Crippen molar-refractivity contribution in [2.45, 2.75) is 12.5 Å². The molecule has 0 aliphatic carbocycles. The van der Waals surface area contributed by atoms with Crippen molar-refractivity contribution in [1.82, 2.24) is 4.98 Å². The summed E-state index contributed by atoms with van der Waals surface area (Å²) >= 11 is 0. The number of fused-ring (bicyclic) bond motifs is 1. The van der Waals surface area contributed by atoms with Crippen LogP contribution in [0.5, 0.6) is 0 Å². The predicted molar refractivity (Wildman–Crippen MR) is 52.8 cm³/mol. The molecule has 14 heavy (non-hydrogen) atoms. The molecule has 0 spiro atoms. The number of benzene rings is 1. The first-order valence-electron chi connectivity index (χ1n) is 4.50. The standard InChI is InChI=1S/C10H12N2O2/c11-7(6-13)5-10-12-8-3-1-2-4-9(8)14-10/h1-4,7,13H,5-6,11H2/t7-/m0/s1. The molecule has 74 valence electrons. The van der Waals surface area contributed by atoms with E-state index in [1.807, 2.05) is 24.3 Å². The number of aromatic nitrogens is 1. The Balaban J connectivity index is 2.27. The van der Waals surface area contributed by atoms with Crippen molar-refractivity contribution in [3.8, 4) is 0 Å². The van der Waals surface area contributed by atoms with Crippen LogP contribution in [0.15, 0.2) is 28.7 Å². The largest absolute Gasteiger partial charge is 0.441 e. The lowest BCUT2D eigenvalue weighted by Crippen LogP contribution is -2.26. The van der Waals surface area contributed by atoms with Gasteiger partial charge in [0.05, 0.1) is 6.61 Å². The number of aliphatic hydroxyl groups is 1. The van der Waals surface area contributed by atoms with Crippen molar-refractivity contribution >= 4 is 11.1 Å². The number of hydrogen-bond acceptors (Lipinski definition) is 4. The first-order valence-corrected chi connectivity index (χ1v) is 4.50. The van der Waals surface area contributed by atoms with Gasteiger partial charge in [-0.2, -0.15) is 0 Å². The van der Waals surface area contributed by atoms with E-state index in [1.54, 1.807) is 0 Å². The molecule has 4 heteroatoms. The summed E-state index contributed by atoms with van der Waals surface area (Å²) in [5.74, 6) is 0.577. The van der Waals surface area contributed by atoms with Crippen LogP contribution in [0.3, 0.4) is 0 Å². The Morgan fingerprint density at radius 3 is 2.93 bits per heavy atom. The molecule has 0 amide bonds. The minimum atomic E-state index is -0.303. The van der Waals surface area contributed by atoms with Gasteiger partial charge >= 0.3 is 0 Å². The van der Waals surface area contributed by atoms with Gasteiger partial charge in [-0.05, 0) is 12.1 Å². The first kappa shape index (κ1) is 9.18. The fourth-order valence-electron chi connectivity index (χ4n) is 1.30. The molecule has 0 radical (unpaired) electrons. The maximum Gasteiger partial charge on any atom is 0.197 e. The molecule has 2 aromatic rings. The van der Waals surface area contributed by atoms with Gasteiger partial charge in [0.25, 0.3) is 0 Å². The fourth-order valence-corrected chi connectivity index (χ4v) is 1.30. The maximum atomic E-state index is 8.78. The Morgan fingerprint density at radius 1 is 1.43 bits per heavy atom. The number of nitrogens with two attached hydrogens (primary N) is 1. The summed E-state index contributed by atoms with van der Waals surface area (Å²) in [5, 5.41) is 8.78. The SMILES string of the molecule is N[C@H](CO)Cc1nc2ccccc2o1. The van der Waals surface area contributed by atoms with Gasteiger partial charge in [-0.1, -0.05) is 12.1 Å². The quantitative estimate of drug-likeness (QED) is 0.750. The highest BCUT2D eigenvalue weighted by Crippen LogP contribution is 2.15. The van der Waals surface area contributed by atoms with Crippen molar-refractivity contribution in [3.63, 3.8) is 0 Å². The zero-order valence-electron chi connectivity index (χ0n) is 7.68. The Hall–Kier alpha value is -1.39. The zero-order valence-corrected chi connectivity index (χ0v) is 7.68. The summed E-state index contributed by atoms with van der Waals surface area (Å²) in [4.78, 5) is 4.24. The normalized spacial score (nSPS) is 13.3. The van der Waals surface area contributed by atoms with Crippen LogP contribution < -0.4 is 5.73 Å². The minimum absolute atomic E-state index is 0.0568. The van der Waals surface area contributed by atoms with E-state index >= 15 is 0 Å². The highest BCUT2D eigenvalue weighted by atomic mass is 16.3. The lowest BCUT2D eigenvalue weighted by atomic mass is 10.2. The van der Waals surface area contributed by atoms with Crippen molar-refractivity contribution < 1.29 is 9.52 Å². The molecule has 1 heterocycles. The van der Waals surface area contributed by atoms with Crippen LogP contribution in [0.25, 0.3) is 11.1 Å². The number of oxazole rings is 1. The van der Waals surface area contributed by atoms with E-state index in [0.29, 0.717) is 12.3 Å². The third kappa shape index (κ3) is 1.76. The van der Waals surface area contributed by atoms with Crippen LogP contribution in [0.2, 0.25) is 0 Å². The summed E-state index contributed by atoms with van der Waals surface area (Å²) in [5.41, 5.74) is 7.16. The molecular formula is C10H12N2O2. The summed E-state index contributed by atoms with van der Waals surface area (Å²) in [7, 11) is 0. The van der Waals surface area contributed by atoms with Crippen molar-refractivity contribution in [2.75, 3.05) is 6.61 Å². The molecule has 0 saturated carbocycles. The molecule has 0 aliphatic heterocycles. The molecule has 3 N–H and O–H groups in total. The van der Waals surface area contributed by atoms with E-state index in [0.717, 1.165) is 11.1 Å². The van der Waals surface area contributed by atoms with Crippen molar-refractivity contribution in [1.29, 1.82) is 0 Å². The Bertz CT molecular complexity index is 392. The zero-order chi connectivity index (χ0) is 9.97. The van der Waals surface area contributed by atoms with Crippen LogP contribution >= 0.6 is 0 Å². The Labute approximate surface area is 81.4 Å². The average molecular weight is 192 g/mol. The van der Waals surface area contributed by atoms with Gasteiger partial charge in [0, 0.05) is 12.5 Å². The number of para-hydroxylation sites is 2. The molecule has 0 saturated heterocycles. The van der Waals surface area contributed by atoms with Crippen LogP contribution in [-0.4, -0.2) is 22.7 Å². The number of nitrogens with zero attached hydrogens (tertiary/aromatic N) is 1. The van der Waals surface area contributed by atoms with Gasteiger partial charge in [0.2, 0.25) is 0 Å². The molecule has 0 unspecified atom stereocenters. The van der Waals surface area contributed by atoms with Crippen LogP contribution in [0.4, 0.5) is 0 Å². The lowest BCUT2D eigenvalue weighted by Gasteiger charge is -2.02. The minimum Gasteiger partial charge on any atom is -0.441 e. The maximum absolute atomic E-state index is 8.78. The van der Waals surface area contributed by atoms with E-state index in [1.165, 1.54) is 0 Å². The summed E-state index contributed by atoms with van der Waals surface area (Å²) in [6, 6.07) is 7.23. The summed E-state index contributed by atoms with van der Waals surface area (Å²) in [6.07, 6.45) is 0.463. The van der Waals surface area contributed by atoms with Crippen LogP contribution in [-0.2, 0) is 6.42 Å². The topological polar surface area (TPSA) is 72.3 Å². The van der Waals surface area contributed by atoms with Gasteiger partial charge in [0.1, 0.15) is 5.52 Å². The molecule has 1 aromatic heterocycles. The molecule has 2 rings (SSSR count). The molecule has 4 nitrogen and oxygen atoms in total. The third-order valence-corrected chi connectivity index (χ3v) is 2.01. The molecule has 1 atom stereocenters. The van der Waals surface area contributed by atoms with Crippen LogP contribution in [0.1, 0.15) is 5.89 Å². The molecule has 0 aliphatic rings. The van der Waals surface area contributed by atoms with Crippen molar-refractivity contribution in [3.05, 3.63) is 30.2 Å². The van der Waals surface area contributed by atoms with Gasteiger partial charge in [-0.15, -0.1) is 0 Å². The van der Waals surface area contributed by atoms with E-state index in [4.69, 9.17) is 15.3 Å². The monoisotopic (exact) mass is 192 g/mol. The first-order chi connectivity index (χ1) is 6.79. The second-order valence-electron chi connectivity index (χ2n) is 3.22. The molecule has 0 fully saturated rings. The van der Waals surface area contributed by atoms with Gasteiger partial charge in [-0.25, -0.2) is 4.98 Å². The second-order valence-corrected chi connectivity index (χ2v) is 3.22. The number of rotatable bonds is 3. The fraction of sp³-hybridized carbons (Fsp3) is 0.300. The number of aliphatic hydroxyl groups excluding tert-OH is 1. The van der Waals surface area contributed by atoms with E-state index in [2.05, 4.69) is 4.98 Å². The van der Waals surface area contributed by atoms with Crippen molar-refractivity contribution in [2.24, 2.45) is 5.73 Å². The molecule has 0 bridgehead atoms. The van der Waals surface area contributed by atoms with Crippen LogP contribution in [0, 0.1) is 0 Å². The molecular weight excluding hydrogens is 180 g/mol. The van der Waals surface area contributed by atoms with E-state index < -0.39 is 0 Å². The second kappa shape index (κ2) is 3.77. The summed E-state index contributed by atoms with van der Waals surface area (Å²) < 4.78 is 5.44. The lowest BCUT2D eigenvalue weighted by molar-refractivity contribution is 0.259. The van der Waals surface area contributed by atoms with E-state index in [9.17, 15) is 0 Å². The average Bonchev–Trinajstić information content (AvgIpc) is 2.59. The highest BCUT2D eigenvalue weighted by Gasteiger charge is 2.08. The van der Waals surface area contributed by atoms with Gasteiger partial charge in [0.15, 0.2) is 11.5 Å². The Kier molecular flexibility index (Phi) is 2.47. The smallest absolute Gasteiger partial charge is 0.197 e. The van der Waals surface area contributed by atoms with Gasteiger partial charge in [-0.3, -0.25) is 0 Å². The number of hydrogen-bond donors (Lipinski definition) is 2. The van der Waals surface area contributed by atoms with E-state index in [-0.39, 0.29) is 12.6 Å². The predicted octanol–water partition coefficient (Wildman–Crippen LogP) is 0.690. The summed E-state index contributed by atoms with van der Waals surface area (Å²) in [6.45, 7) is -0.0568.